The van der Waals surface area contributed by atoms with Gasteiger partial charge in [0.25, 0.3) is 5.91 Å². The molecular weight excluding hydrogens is 294 g/mol. The van der Waals surface area contributed by atoms with Crippen LogP contribution in [-0.2, 0) is 14.3 Å². The summed E-state index contributed by atoms with van der Waals surface area (Å²) in [5, 5.41) is 3.19. The molecule has 1 saturated carbocycles. The second-order valence-electron chi connectivity index (χ2n) is 6.96. The predicted molar refractivity (Wildman–Crippen MR) is 87.0 cm³/mol. The third kappa shape index (κ3) is 4.44. The van der Waals surface area contributed by atoms with Crippen LogP contribution in [0.1, 0.15) is 38.5 Å². The molecule has 0 aromatic carbocycles. The van der Waals surface area contributed by atoms with Crippen molar-refractivity contribution in [1.82, 2.24) is 15.1 Å². The molecule has 0 bridgehead atoms. The highest BCUT2D eigenvalue weighted by atomic mass is 16.5. The van der Waals surface area contributed by atoms with Crippen LogP contribution in [0.4, 0.5) is 0 Å². The van der Waals surface area contributed by atoms with Gasteiger partial charge < -0.3 is 19.9 Å². The molecule has 3 fully saturated rings. The number of hydrogen-bond acceptors (Lipinski definition) is 4. The number of nitrogens with zero attached hydrogens (tertiary/aromatic N) is 2. The first kappa shape index (κ1) is 16.7. The Labute approximate surface area is 138 Å². The van der Waals surface area contributed by atoms with Gasteiger partial charge in [0.1, 0.15) is 6.10 Å². The highest BCUT2D eigenvalue weighted by molar-refractivity contribution is 5.82. The summed E-state index contributed by atoms with van der Waals surface area (Å²) in [7, 11) is 0. The summed E-state index contributed by atoms with van der Waals surface area (Å²) in [5.41, 5.74) is 0. The van der Waals surface area contributed by atoms with Crippen LogP contribution in [0.2, 0.25) is 0 Å². The van der Waals surface area contributed by atoms with Crippen molar-refractivity contribution in [3.8, 4) is 0 Å². The number of carbonyl (C=O) groups excluding carboxylic acids is 2. The van der Waals surface area contributed by atoms with Gasteiger partial charge in [0.2, 0.25) is 5.91 Å². The number of rotatable bonds is 4. The second-order valence-corrected chi connectivity index (χ2v) is 6.96. The third-order valence-corrected chi connectivity index (χ3v) is 5.39. The molecule has 0 spiro atoms. The number of ether oxygens (including phenoxy) is 1. The molecular formula is C17H29N3O3. The van der Waals surface area contributed by atoms with E-state index in [1.807, 2.05) is 9.80 Å². The first-order valence-corrected chi connectivity index (χ1v) is 9.13. The lowest BCUT2D eigenvalue weighted by Gasteiger charge is -2.37. The highest BCUT2D eigenvalue weighted by Crippen LogP contribution is 2.28. The lowest BCUT2D eigenvalue weighted by atomic mass is 10.0. The van der Waals surface area contributed by atoms with Gasteiger partial charge in [-0.2, -0.15) is 0 Å². The predicted octanol–water partition coefficient (Wildman–Crippen LogP) is 0.616. The molecule has 1 unspecified atom stereocenters. The largest absolute Gasteiger partial charge is 0.366 e. The van der Waals surface area contributed by atoms with E-state index in [2.05, 4.69) is 5.32 Å². The van der Waals surface area contributed by atoms with E-state index >= 15 is 0 Å². The van der Waals surface area contributed by atoms with Crippen molar-refractivity contribution in [2.24, 2.45) is 5.92 Å². The molecule has 2 heterocycles. The average molecular weight is 323 g/mol. The molecule has 0 aromatic rings. The Morgan fingerprint density at radius 2 is 1.74 bits per heavy atom. The van der Waals surface area contributed by atoms with Crippen LogP contribution < -0.4 is 5.32 Å². The Balaban J connectivity index is 1.38. The zero-order valence-electron chi connectivity index (χ0n) is 14.0. The van der Waals surface area contributed by atoms with E-state index in [0.29, 0.717) is 45.8 Å². The van der Waals surface area contributed by atoms with Gasteiger partial charge in [-0.25, -0.2) is 0 Å². The van der Waals surface area contributed by atoms with Gasteiger partial charge in [0, 0.05) is 45.7 Å². The highest BCUT2D eigenvalue weighted by Gasteiger charge is 2.30. The molecule has 1 N–H and O–H groups in total. The molecule has 6 heteroatoms. The van der Waals surface area contributed by atoms with Crippen LogP contribution in [0.5, 0.6) is 0 Å². The molecule has 0 radical (unpaired) electrons. The maximum absolute atomic E-state index is 12.4. The van der Waals surface area contributed by atoms with Crippen LogP contribution in [-0.4, -0.2) is 73.6 Å². The van der Waals surface area contributed by atoms with E-state index in [-0.39, 0.29) is 17.9 Å². The molecule has 130 valence electrons. The standard InChI is InChI=1S/C17H29N3O3/c21-16(6-5-14-3-1-2-4-14)19-8-10-20(11-9-19)17(22)15-13-18-7-12-23-15/h14-15,18H,1-13H2. The van der Waals surface area contributed by atoms with Crippen molar-refractivity contribution in [2.45, 2.75) is 44.6 Å². The lowest BCUT2D eigenvalue weighted by Crippen LogP contribution is -2.56. The first-order valence-electron chi connectivity index (χ1n) is 9.13. The van der Waals surface area contributed by atoms with Gasteiger partial charge in [0.05, 0.1) is 6.61 Å². The number of piperazine rings is 1. The Morgan fingerprint density at radius 3 is 2.39 bits per heavy atom. The van der Waals surface area contributed by atoms with Gasteiger partial charge in [-0.15, -0.1) is 0 Å². The Kier molecular flexibility index (Phi) is 5.89. The molecule has 6 nitrogen and oxygen atoms in total. The summed E-state index contributed by atoms with van der Waals surface area (Å²) in [6.45, 7) is 4.59. The molecule has 3 rings (SSSR count). The Bertz CT molecular complexity index is 409. The van der Waals surface area contributed by atoms with Crippen LogP contribution in [0.25, 0.3) is 0 Å². The maximum Gasteiger partial charge on any atom is 0.253 e. The molecule has 0 aromatic heterocycles. The van der Waals surface area contributed by atoms with Crippen LogP contribution >= 0.6 is 0 Å². The molecule has 2 saturated heterocycles. The van der Waals surface area contributed by atoms with E-state index in [1.165, 1.54) is 25.7 Å². The fourth-order valence-corrected chi connectivity index (χ4v) is 3.89. The minimum atomic E-state index is -0.353. The second kappa shape index (κ2) is 8.11. The summed E-state index contributed by atoms with van der Waals surface area (Å²) < 4.78 is 5.53. The van der Waals surface area contributed by atoms with Crippen molar-refractivity contribution >= 4 is 11.8 Å². The van der Waals surface area contributed by atoms with Crippen molar-refractivity contribution in [2.75, 3.05) is 45.9 Å². The molecule has 3 aliphatic rings. The zero-order chi connectivity index (χ0) is 16.1. The maximum atomic E-state index is 12.4. The smallest absolute Gasteiger partial charge is 0.253 e. The fraction of sp³-hybridized carbons (Fsp3) is 0.882. The van der Waals surface area contributed by atoms with Gasteiger partial charge >= 0.3 is 0 Å². The SMILES string of the molecule is O=C(CCC1CCCC1)N1CCN(C(=O)C2CNCCO2)CC1. The van der Waals surface area contributed by atoms with Gasteiger partial charge in [-0.05, 0) is 12.3 Å². The summed E-state index contributed by atoms with van der Waals surface area (Å²) in [6.07, 6.45) is 6.62. The number of hydrogen-bond donors (Lipinski definition) is 1. The Morgan fingerprint density at radius 1 is 1.04 bits per heavy atom. The molecule has 23 heavy (non-hydrogen) atoms. The normalized spacial score (nSPS) is 26.5. The molecule has 1 aliphatic carbocycles. The quantitative estimate of drug-likeness (QED) is 0.824. The van der Waals surface area contributed by atoms with Crippen LogP contribution in [0.15, 0.2) is 0 Å². The van der Waals surface area contributed by atoms with Gasteiger partial charge in [-0.1, -0.05) is 25.7 Å². The van der Waals surface area contributed by atoms with E-state index < -0.39 is 0 Å². The van der Waals surface area contributed by atoms with Gasteiger partial charge in [0.15, 0.2) is 0 Å². The first-order chi connectivity index (χ1) is 11.2. The average Bonchev–Trinajstić information content (AvgIpc) is 3.13. The van der Waals surface area contributed by atoms with Crippen molar-refractivity contribution in [3.05, 3.63) is 0 Å². The van der Waals surface area contributed by atoms with E-state index in [1.54, 1.807) is 0 Å². The number of carbonyl (C=O) groups is 2. The fourth-order valence-electron chi connectivity index (χ4n) is 3.89. The lowest BCUT2D eigenvalue weighted by molar-refractivity contribution is -0.149. The molecule has 1 atom stereocenters. The number of nitrogens with one attached hydrogen (secondary N) is 1. The van der Waals surface area contributed by atoms with Crippen LogP contribution in [0, 0.1) is 5.92 Å². The zero-order valence-corrected chi connectivity index (χ0v) is 14.0. The van der Waals surface area contributed by atoms with E-state index in [0.717, 1.165) is 18.9 Å². The summed E-state index contributed by atoms with van der Waals surface area (Å²) >= 11 is 0. The number of morpholine rings is 1. The van der Waals surface area contributed by atoms with E-state index in [4.69, 9.17) is 4.74 Å². The Hall–Kier alpha value is -1.14. The van der Waals surface area contributed by atoms with Crippen molar-refractivity contribution < 1.29 is 14.3 Å². The minimum absolute atomic E-state index is 0.0651. The van der Waals surface area contributed by atoms with Crippen molar-refractivity contribution in [1.29, 1.82) is 0 Å². The molecule has 2 aliphatic heterocycles. The summed E-state index contributed by atoms with van der Waals surface area (Å²) in [5.74, 6) is 1.09. The minimum Gasteiger partial charge on any atom is -0.366 e. The summed E-state index contributed by atoms with van der Waals surface area (Å²) in [4.78, 5) is 28.5. The van der Waals surface area contributed by atoms with Crippen molar-refractivity contribution in [3.63, 3.8) is 0 Å². The number of amides is 2. The third-order valence-electron chi connectivity index (χ3n) is 5.39. The van der Waals surface area contributed by atoms with E-state index in [9.17, 15) is 9.59 Å². The monoisotopic (exact) mass is 323 g/mol. The topological polar surface area (TPSA) is 61.9 Å². The molecule has 2 amide bonds. The van der Waals surface area contributed by atoms with Crippen LogP contribution in [0.3, 0.4) is 0 Å². The summed E-state index contributed by atoms with van der Waals surface area (Å²) in [6, 6.07) is 0. The van der Waals surface area contributed by atoms with Gasteiger partial charge in [-0.3, -0.25) is 9.59 Å².